The van der Waals surface area contributed by atoms with Crippen LogP contribution in [0.2, 0.25) is 0 Å². The summed E-state index contributed by atoms with van der Waals surface area (Å²) < 4.78 is 6.90. The SMILES string of the molecule is COC(=O)Cn1c(=NC(=O)CCC2CCCCC2)sc2cc([N+](=O)[O-])ccc21. The van der Waals surface area contributed by atoms with Crippen LogP contribution >= 0.6 is 11.3 Å². The highest BCUT2D eigenvalue weighted by Gasteiger charge is 2.17. The Hall–Kier alpha value is -2.55. The quantitative estimate of drug-likeness (QED) is 0.415. The van der Waals surface area contributed by atoms with Gasteiger partial charge in [-0.15, -0.1) is 0 Å². The Labute approximate surface area is 166 Å². The lowest BCUT2D eigenvalue weighted by atomic mass is 9.86. The lowest BCUT2D eigenvalue weighted by Crippen LogP contribution is -2.22. The maximum atomic E-state index is 12.4. The highest BCUT2D eigenvalue weighted by molar-refractivity contribution is 7.16. The van der Waals surface area contributed by atoms with E-state index in [0.29, 0.717) is 27.4 Å². The van der Waals surface area contributed by atoms with Gasteiger partial charge in [0.05, 0.1) is 22.2 Å². The number of fused-ring (bicyclic) bond motifs is 1. The van der Waals surface area contributed by atoms with Crippen LogP contribution in [0.5, 0.6) is 0 Å². The fraction of sp³-hybridized carbons (Fsp3) is 0.526. The Bertz CT molecular complexity index is 956. The maximum absolute atomic E-state index is 12.4. The van der Waals surface area contributed by atoms with Gasteiger partial charge in [-0.25, -0.2) is 0 Å². The number of carbonyl (C=O) groups excluding carboxylic acids is 2. The minimum atomic E-state index is -0.478. The van der Waals surface area contributed by atoms with Crippen molar-refractivity contribution in [2.24, 2.45) is 10.9 Å². The number of methoxy groups -OCH3 is 1. The second-order valence-corrected chi connectivity index (χ2v) is 8.01. The van der Waals surface area contributed by atoms with Crippen molar-refractivity contribution in [2.75, 3.05) is 7.11 Å². The molecule has 1 saturated carbocycles. The molecule has 0 saturated heterocycles. The zero-order chi connectivity index (χ0) is 20.1. The number of esters is 1. The van der Waals surface area contributed by atoms with Crippen LogP contribution in [-0.2, 0) is 20.9 Å². The number of nitrogens with zero attached hydrogens (tertiary/aromatic N) is 3. The highest BCUT2D eigenvalue weighted by atomic mass is 32.1. The molecule has 0 aliphatic heterocycles. The second-order valence-electron chi connectivity index (χ2n) is 7.00. The molecule has 1 heterocycles. The van der Waals surface area contributed by atoms with E-state index in [1.807, 2.05) is 0 Å². The van der Waals surface area contributed by atoms with Crippen LogP contribution in [0, 0.1) is 16.0 Å². The van der Waals surface area contributed by atoms with Crippen molar-refractivity contribution in [1.82, 2.24) is 4.57 Å². The smallest absolute Gasteiger partial charge is 0.325 e. The van der Waals surface area contributed by atoms with Gasteiger partial charge in [0.1, 0.15) is 6.54 Å². The third-order valence-electron chi connectivity index (χ3n) is 5.10. The van der Waals surface area contributed by atoms with Crippen LogP contribution in [0.1, 0.15) is 44.9 Å². The Morgan fingerprint density at radius 1 is 1.32 bits per heavy atom. The zero-order valence-electron chi connectivity index (χ0n) is 15.8. The van der Waals surface area contributed by atoms with E-state index in [1.165, 1.54) is 51.3 Å². The molecule has 0 radical (unpaired) electrons. The number of nitro groups is 1. The molecule has 1 aromatic heterocycles. The average molecular weight is 405 g/mol. The molecule has 3 rings (SSSR count). The minimum absolute atomic E-state index is 0.0471. The summed E-state index contributed by atoms with van der Waals surface area (Å²) in [5.74, 6) is -0.125. The van der Waals surface area contributed by atoms with Gasteiger partial charge in [-0.3, -0.25) is 19.7 Å². The summed E-state index contributed by atoms with van der Waals surface area (Å²) in [7, 11) is 1.29. The van der Waals surface area contributed by atoms with E-state index < -0.39 is 10.9 Å². The summed E-state index contributed by atoms with van der Waals surface area (Å²) in [6.45, 7) is -0.108. The van der Waals surface area contributed by atoms with E-state index in [1.54, 1.807) is 10.6 Å². The number of hydrogen-bond donors (Lipinski definition) is 0. The summed E-state index contributed by atoms with van der Waals surface area (Å²) in [5, 5.41) is 11.0. The Morgan fingerprint density at radius 2 is 2.07 bits per heavy atom. The number of benzene rings is 1. The number of ether oxygens (including phenoxy) is 1. The Morgan fingerprint density at radius 3 is 2.75 bits per heavy atom. The van der Waals surface area contributed by atoms with Crippen LogP contribution in [0.15, 0.2) is 23.2 Å². The molecule has 1 aromatic carbocycles. The molecule has 0 unspecified atom stereocenters. The fourth-order valence-electron chi connectivity index (χ4n) is 3.57. The van der Waals surface area contributed by atoms with E-state index in [4.69, 9.17) is 4.74 Å². The third kappa shape index (κ3) is 4.83. The molecular weight excluding hydrogens is 382 g/mol. The summed E-state index contributed by atoms with van der Waals surface area (Å²) >= 11 is 1.16. The summed E-state index contributed by atoms with van der Waals surface area (Å²) in [6, 6.07) is 4.37. The van der Waals surface area contributed by atoms with Crippen LogP contribution < -0.4 is 4.80 Å². The molecule has 2 aromatic rings. The van der Waals surface area contributed by atoms with Gasteiger partial charge in [0.25, 0.3) is 5.69 Å². The number of amides is 1. The van der Waals surface area contributed by atoms with E-state index >= 15 is 0 Å². The number of non-ortho nitro benzene ring substituents is 1. The summed E-state index contributed by atoms with van der Waals surface area (Å²) in [4.78, 5) is 39.3. The van der Waals surface area contributed by atoms with Crippen LogP contribution in [-0.4, -0.2) is 28.5 Å². The van der Waals surface area contributed by atoms with E-state index in [9.17, 15) is 19.7 Å². The lowest BCUT2D eigenvalue weighted by Gasteiger charge is -2.20. The topological polar surface area (TPSA) is 104 Å². The number of aromatic nitrogens is 1. The number of thiazole rings is 1. The molecule has 1 aliphatic rings. The van der Waals surface area contributed by atoms with Crippen molar-refractivity contribution >= 4 is 39.1 Å². The van der Waals surface area contributed by atoms with Crippen LogP contribution in [0.4, 0.5) is 5.69 Å². The number of carbonyl (C=O) groups is 2. The molecule has 1 aliphatic carbocycles. The molecule has 1 amide bonds. The van der Waals surface area contributed by atoms with Gasteiger partial charge in [-0.2, -0.15) is 4.99 Å². The van der Waals surface area contributed by atoms with Crippen molar-refractivity contribution in [2.45, 2.75) is 51.5 Å². The maximum Gasteiger partial charge on any atom is 0.325 e. The average Bonchev–Trinajstić information content (AvgIpc) is 3.03. The second kappa shape index (κ2) is 9.09. The van der Waals surface area contributed by atoms with Crippen molar-refractivity contribution in [3.8, 4) is 0 Å². The Kier molecular flexibility index (Phi) is 6.56. The molecule has 0 spiro atoms. The van der Waals surface area contributed by atoms with Gasteiger partial charge >= 0.3 is 5.97 Å². The van der Waals surface area contributed by atoms with Gasteiger partial charge in [-0.1, -0.05) is 43.4 Å². The molecule has 9 heteroatoms. The van der Waals surface area contributed by atoms with E-state index in [2.05, 4.69) is 4.99 Å². The van der Waals surface area contributed by atoms with Gasteiger partial charge in [0, 0.05) is 18.6 Å². The first-order chi connectivity index (χ1) is 13.5. The van der Waals surface area contributed by atoms with E-state index in [-0.39, 0.29) is 18.1 Å². The molecule has 0 bridgehead atoms. The first-order valence-corrected chi connectivity index (χ1v) is 10.2. The van der Waals surface area contributed by atoms with E-state index in [0.717, 1.165) is 17.8 Å². The standard InChI is InChI=1S/C19H23N3O5S/c1-27-18(24)12-21-15-9-8-14(22(25)26)11-16(15)28-19(21)20-17(23)10-7-13-5-3-2-4-6-13/h8-9,11,13H,2-7,10,12H2,1H3. The molecular formula is C19H23N3O5S. The number of rotatable bonds is 6. The van der Waals surface area contributed by atoms with Gasteiger partial charge < -0.3 is 9.30 Å². The molecule has 1 fully saturated rings. The lowest BCUT2D eigenvalue weighted by molar-refractivity contribution is -0.384. The van der Waals surface area contributed by atoms with Crippen LogP contribution in [0.3, 0.4) is 0 Å². The summed E-state index contributed by atoms with van der Waals surface area (Å²) in [5.41, 5.74) is 0.564. The van der Waals surface area contributed by atoms with Crippen molar-refractivity contribution in [3.63, 3.8) is 0 Å². The van der Waals surface area contributed by atoms with Crippen molar-refractivity contribution in [3.05, 3.63) is 33.1 Å². The third-order valence-corrected chi connectivity index (χ3v) is 6.14. The van der Waals surface area contributed by atoms with Crippen molar-refractivity contribution in [1.29, 1.82) is 0 Å². The fourth-order valence-corrected chi connectivity index (χ4v) is 4.65. The van der Waals surface area contributed by atoms with Crippen molar-refractivity contribution < 1.29 is 19.2 Å². The Balaban J connectivity index is 1.89. The molecule has 0 N–H and O–H groups in total. The molecule has 150 valence electrons. The highest BCUT2D eigenvalue weighted by Crippen LogP contribution is 2.27. The molecule has 28 heavy (non-hydrogen) atoms. The van der Waals surface area contributed by atoms with Gasteiger partial charge in [0.15, 0.2) is 4.80 Å². The van der Waals surface area contributed by atoms with Gasteiger partial charge in [-0.05, 0) is 18.4 Å². The predicted molar refractivity (Wildman–Crippen MR) is 105 cm³/mol. The minimum Gasteiger partial charge on any atom is -0.468 e. The zero-order valence-corrected chi connectivity index (χ0v) is 16.6. The monoisotopic (exact) mass is 405 g/mol. The van der Waals surface area contributed by atoms with Gasteiger partial charge in [0.2, 0.25) is 5.91 Å². The number of hydrogen-bond acceptors (Lipinski definition) is 6. The number of nitro benzene ring substituents is 1. The predicted octanol–water partition coefficient (Wildman–Crippen LogP) is 3.57. The first kappa shape index (κ1) is 20.2. The first-order valence-electron chi connectivity index (χ1n) is 9.40. The largest absolute Gasteiger partial charge is 0.468 e. The molecule has 8 nitrogen and oxygen atoms in total. The normalized spacial score (nSPS) is 15.7. The van der Waals surface area contributed by atoms with Crippen LogP contribution in [0.25, 0.3) is 10.2 Å². The molecule has 0 atom stereocenters. The summed E-state index contributed by atoms with van der Waals surface area (Å²) in [6.07, 6.45) is 7.27.